The number of fused-ring (bicyclic) bond motifs is 3. The molecule has 1 aromatic heterocycles. The van der Waals surface area contributed by atoms with Crippen LogP contribution < -0.4 is 10.2 Å². The first kappa shape index (κ1) is 9.63. The molecule has 2 aliphatic rings. The van der Waals surface area contributed by atoms with Crippen LogP contribution in [0.5, 0.6) is 0 Å². The molecule has 2 aliphatic heterocycles. The van der Waals surface area contributed by atoms with Gasteiger partial charge < -0.3 is 10.2 Å². The first-order chi connectivity index (χ1) is 7.77. The van der Waals surface area contributed by atoms with Crippen LogP contribution in [-0.2, 0) is 4.79 Å². The normalized spacial score (nSPS) is 28.1. The molecule has 0 aromatic carbocycles. The fourth-order valence-electron chi connectivity index (χ4n) is 2.80. The fraction of sp³-hybridized carbons (Fsp3) is 0.500. The summed E-state index contributed by atoms with van der Waals surface area (Å²) in [7, 11) is 0. The van der Waals surface area contributed by atoms with Crippen molar-refractivity contribution in [2.45, 2.75) is 25.8 Å². The van der Waals surface area contributed by atoms with Crippen molar-refractivity contribution >= 4 is 17.3 Å². The second-order valence-corrected chi connectivity index (χ2v) is 4.64. The second-order valence-electron chi connectivity index (χ2n) is 4.64. The van der Waals surface area contributed by atoms with Gasteiger partial charge in [-0.25, -0.2) is 0 Å². The molecular formula is C12H15N3O. The predicted octanol–water partition coefficient (Wildman–Crippen LogP) is 1.64. The smallest absolute Gasteiger partial charge is 0.247 e. The molecule has 1 N–H and O–H groups in total. The van der Waals surface area contributed by atoms with Crippen molar-refractivity contribution in [1.82, 2.24) is 4.98 Å². The first-order valence-corrected chi connectivity index (χ1v) is 5.79. The molecule has 84 valence electrons. The van der Waals surface area contributed by atoms with Gasteiger partial charge in [-0.15, -0.1) is 0 Å². The van der Waals surface area contributed by atoms with Crippen LogP contribution in [-0.4, -0.2) is 23.5 Å². The van der Waals surface area contributed by atoms with Crippen LogP contribution in [0.25, 0.3) is 0 Å². The SMILES string of the molecule is CC1CCCN2c3ccncc3NC(=O)C12. The zero-order chi connectivity index (χ0) is 11.1. The van der Waals surface area contributed by atoms with Crippen molar-refractivity contribution in [1.29, 1.82) is 0 Å². The van der Waals surface area contributed by atoms with E-state index in [0.29, 0.717) is 5.92 Å². The number of nitrogens with one attached hydrogen (secondary N) is 1. The van der Waals surface area contributed by atoms with E-state index in [1.54, 1.807) is 12.4 Å². The van der Waals surface area contributed by atoms with Gasteiger partial charge >= 0.3 is 0 Å². The minimum absolute atomic E-state index is 0.00338. The monoisotopic (exact) mass is 217 g/mol. The summed E-state index contributed by atoms with van der Waals surface area (Å²) in [6.45, 7) is 3.13. The third-order valence-electron chi connectivity index (χ3n) is 3.57. The maximum absolute atomic E-state index is 12.0. The average Bonchev–Trinajstić information content (AvgIpc) is 2.29. The van der Waals surface area contributed by atoms with Gasteiger partial charge in [0.25, 0.3) is 0 Å². The lowest BCUT2D eigenvalue weighted by Crippen LogP contribution is -2.54. The molecule has 1 fully saturated rings. The molecule has 0 radical (unpaired) electrons. The Bertz CT molecular complexity index is 432. The van der Waals surface area contributed by atoms with Crippen LogP contribution in [0, 0.1) is 5.92 Å². The van der Waals surface area contributed by atoms with E-state index in [4.69, 9.17) is 0 Å². The van der Waals surface area contributed by atoms with E-state index < -0.39 is 0 Å². The summed E-state index contributed by atoms with van der Waals surface area (Å²) in [4.78, 5) is 18.3. The fourth-order valence-corrected chi connectivity index (χ4v) is 2.80. The molecule has 4 nitrogen and oxygen atoms in total. The van der Waals surface area contributed by atoms with Gasteiger partial charge in [-0.2, -0.15) is 0 Å². The van der Waals surface area contributed by atoms with Gasteiger partial charge in [0.15, 0.2) is 0 Å². The second kappa shape index (κ2) is 3.47. The van der Waals surface area contributed by atoms with Gasteiger partial charge in [0, 0.05) is 12.7 Å². The number of pyridine rings is 1. The molecule has 1 aromatic rings. The van der Waals surface area contributed by atoms with E-state index >= 15 is 0 Å². The molecule has 0 spiro atoms. The molecular weight excluding hydrogens is 202 g/mol. The number of hydrogen-bond donors (Lipinski definition) is 1. The van der Waals surface area contributed by atoms with Crippen molar-refractivity contribution in [2.75, 3.05) is 16.8 Å². The maximum atomic E-state index is 12.0. The summed E-state index contributed by atoms with van der Waals surface area (Å²) in [5, 5.41) is 2.95. The van der Waals surface area contributed by atoms with E-state index in [9.17, 15) is 4.79 Å². The molecule has 0 bridgehead atoms. The summed E-state index contributed by atoms with van der Waals surface area (Å²) in [5.74, 6) is 0.544. The largest absolute Gasteiger partial charge is 0.358 e. The van der Waals surface area contributed by atoms with E-state index in [1.165, 1.54) is 0 Å². The standard InChI is InChI=1S/C12H15N3O/c1-8-3-2-6-15-10-4-5-13-7-9(10)14-12(16)11(8)15/h4-5,7-8,11H,2-3,6H2,1H3,(H,14,16). The van der Waals surface area contributed by atoms with Gasteiger partial charge in [0.1, 0.15) is 6.04 Å². The molecule has 3 rings (SSSR count). The Morgan fingerprint density at radius 1 is 1.56 bits per heavy atom. The van der Waals surface area contributed by atoms with E-state index in [2.05, 4.69) is 22.1 Å². The van der Waals surface area contributed by atoms with Crippen molar-refractivity contribution in [3.8, 4) is 0 Å². The summed E-state index contributed by atoms with van der Waals surface area (Å²) in [6.07, 6.45) is 5.80. The molecule has 16 heavy (non-hydrogen) atoms. The predicted molar refractivity (Wildman–Crippen MR) is 62.4 cm³/mol. The van der Waals surface area contributed by atoms with Crippen LogP contribution in [0.1, 0.15) is 19.8 Å². The summed E-state index contributed by atoms with van der Waals surface area (Å²) in [6, 6.07) is 1.99. The topological polar surface area (TPSA) is 45.2 Å². The highest BCUT2D eigenvalue weighted by atomic mass is 16.2. The number of carbonyl (C=O) groups is 1. The number of piperidine rings is 1. The van der Waals surface area contributed by atoms with Crippen molar-refractivity contribution in [3.63, 3.8) is 0 Å². The lowest BCUT2D eigenvalue weighted by Gasteiger charge is -2.44. The average molecular weight is 217 g/mol. The number of rotatable bonds is 0. The molecule has 1 amide bonds. The highest BCUT2D eigenvalue weighted by Crippen LogP contribution is 2.36. The maximum Gasteiger partial charge on any atom is 0.247 e. The number of carbonyl (C=O) groups excluding carboxylic acids is 1. The Balaban J connectivity index is 2.06. The number of anilines is 2. The van der Waals surface area contributed by atoms with Crippen LogP contribution in [0.4, 0.5) is 11.4 Å². The number of hydrogen-bond acceptors (Lipinski definition) is 3. The van der Waals surface area contributed by atoms with Gasteiger partial charge in [-0.05, 0) is 24.8 Å². The minimum atomic E-state index is 0.00338. The van der Waals surface area contributed by atoms with E-state index in [-0.39, 0.29) is 11.9 Å². The minimum Gasteiger partial charge on any atom is -0.358 e. The highest BCUT2D eigenvalue weighted by Gasteiger charge is 2.38. The lowest BCUT2D eigenvalue weighted by molar-refractivity contribution is -0.119. The summed E-state index contributed by atoms with van der Waals surface area (Å²) in [5.41, 5.74) is 1.96. The molecule has 2 unspecified atom stereocenters. The van der Waals surface area contributed by atoms with Gasteiger partial charge in [-0.1, -0.05) is 6.92 Å². The van der Waals surface area contributed by atoms with Gasteiger partial charge in [0.2, 0.25) is 5.91 Å². The Labute approximate surface area is 94.7 Å². The summed E-state index contributed by atoms with van der Waals surface area (Å²) >= 11 is 0. The Morgan fingerprint density at radius 3 is 3.31 bits per heavy atom. The van der Waals surface area contributed by atoms with Crippen molar-refractivity contribution < 1.29 is 4.79 Å². The molecule has 0 aliphatic carbocycles. The van der Waals surface area contributed by atoms with Gasteiger partial charge in [0.05, 0.1) is 17.6 Å². The summed E-state index contributed by atoms with van der Waals surface area (Å²) < 4.78 is 0. The molecule has 4 heteroatoms. The molecule has 2 atom stereocenters. The van der Waals surface area contributed by atoms with Crippen LogP contribution in [0.15, 0.2) is 18.5 Å². The molecule has 0 saturated carbocycles. The van der Waals surface area contributed by atoms with Crippen molar-refractivity contribution in [3.05, 3.63) is 18.5 Å². The number of amides is 1. The van der Waals surface area contributed by atoms with Crippen molar-refractivity contribution in [2.24, 2.45) is 5.92 Å². The first-order valence-electron chi connectivity index (χ1n) is 5.79. The Morgan fingerprint density at radius 2 is 2.44 bits per heavy atom. The van der Waals surface area contributed by atoms with Crippen LogP contribution in [0.3, 0.4) is 0 Å². The zero-order valence-electron chi connectivity index (χ0n) is 9.31. The van der Waals surface area contributed by atoms with Crippen LogP contribution in [0.2, 0.25) is 0 Å². The number of nitrogens with zero attached hydrogens (tertiary/aromatic N) is 2. The lowest BCUT2D eigenvalue weighted by atomic mass is 9.88. The molecule has 3 heterocycles. The van der Waals surface area contributed by atoms with E-state index in [0.717, 1.165) is 30.8 Å². The third kappa shape index (κ3) is 1.29. The van der Waals surface area contributed by atoms with Crippen LogP contribution >= 0.6 is 0 Å². The number of aromatic nitrogens is 1. The van der Waals surface area contributed by atoms with E-state index in [1.807, 2.05) is 6.07 Å². The Hall–Kier alpha value is -1.58. The Kier molecular flexibility index (Phi) is 2.09. The zero-order valence-corrected chi connectivity index (χ0v) is 9.31. The third-order valence-corrected chi connectivity index (χ3v) is 3.57. The quantitative estimate of drug-likeness (QED) is 0.718. The highest BCUT2D eigenvalue weighted by molar-refractivity contribution is 6.03. The van der Waals surface area contributed by atoms with Gasteiger partial charge in [-0.3, -0.25) is 9.78 Å². The molecule has 1 saturated heterocycles.